The van der Waals surface area contributed by atoms with Gasteiger partial charge in [0.25, 0.3) is 23.6 Å². The molecule has 0 aliphatic carbocycles. The second-order valence-electron chi connectivity index (χ2n) is 13.0. The molecule has 2 atom stereocenters. The minimum Gasteiger partial charge on any atom is -0.493 e. The van der Waals surface area contributed by atoms with Gasteiger partial charge in [0.1, 0.15) is 18.1 Å². The number of carbonyl (C=O) groups excluding carboxylic acids is 4. The van der Waals surface area contributed by atoms with Crippen molar-refractivity contribution in [3.8, 4) is 23.0 Å². The van der Waals surface area contributed by atoms with Gasteiger partial charge in [0.05, 0.1) is 44.1 Å². The Labute approximate surface area is 320 Å². The monoisotopic (exact) mass is 763 g/mol. The molecule has 2 aliphatic heterocycles. The normalized spacial score (nSPS) is 15.8. The molecule has 3 aromatic carbocycles. The molecule has 2 unspecified atom stereocenters. The van der Waals surface area contributed by atoms with Crippen LogP contribution in [0.4, 0.5) is 0 Å². The smallest absolute Gasteiger partial charge is 0.265 e. The van der Waals surface area contributed by atoms with Gasteiger partial charge in [0.2, 0.25) is 0 Å². The van der Waals surface area contributed by atoms with Crippen LogP contribution in [-0.4, -0.2) is 107 Å². The average Bonchev–Trinajstić information content (AvgIpc) is 3.34. The highest BCUT2D eigenvalue weighted by Gasteiger charge is 2.42. The first-order chi connectivity index (χ1) is 26.8. The van der Waals surface area contributed by atoms with Crippen LogP contribution in [0.1, 0.15) is 70.1 Å². The maximum atomic E-state index is 13.2. The molecule has 5 rings (SSSR count). The maximum absolute atomic E-state index is 13.2. The number of rotatable bonds is 21. The fourth-order valence-corrected chi connectivity index (χ4v) is 6.19. The highest BCUT2D eigenvalue weighted by atomic mass is 17.2. The van der Waals surface area contributed by atoms with E-state index in [-0.39, 0.29) is 48.5 Å². The van der Waals surface area contributed by atoms with Crippen molar-refractivity contribution in [2.75, 3.05) is 67.0 Å². The molecule has 0 bridgehead atoms. The average molecular weight is 764 g/mol. The van der Waals surface area contributed by atoms with Crippen molar-refractivity contribution < 1.29 is 57.7 Å². The Kier molecular flexibility index (Phi) is 15.7. The molecule has 15 nitrogen and oxygen atoms in total. The van der Waals surface area contributed by atoms with E-state index in [1.807, 2.05) is 24.3 Å². The van der Waals surface area contributed by atoms with Crippen molar-refractivity contribution in [1.29, 1.82) is 0 Å². The molecule has 3 N–H and O–H groups in total. The van der Waals surface area contributed by atoms with Gasteiger partial charge in [0, 0.05) is 26.3 Å². The van der Waals surface area contributed by atoms with Gasteiger partial charge in [-0.15, -0.1) is 0 Å². The number of nitrogens with zero attached hydrogens (tertiary/aromatic N) is 1. The number of hydrogen-bond acceptors (Lipinski definition) is 12. The Morgan fingerprint density at radius 2 is 1.58 bits per heavy atom. The van der Waals surface area contributed by atoms with Crippen LogP contribution in [0.3, 0.4) is 0 Å². The van der Waals surface area contributed by atoms with Gasteiger partial charge in [0.15, 0.2) is 24.7 Å². The van der Waals surface area contributed by atoms with Gasteiger partial charge in [-0.25, -0.2) is 9.78 Å². The van der Waals surface area contributed by atoms with E-state index in [0.29, 0.717) is 94.2 Å². The molecule has 1 saturated heterocycles. The lowest BCUT2D eigenvalue weighted by molar-refractivity contribution is -0.291. The second-order valence-corrected chi connectivity index (χ2v) is 13.0. The third kappa shape index (κ3) is 11.6. The molecular formula is C40H49N3O12. The van der Waals surface area contributed by atoms with Crippen molar-refractivity contribution in [2.24, 2.45) is 0 Å². The summed E-state index contributed by atoms with van der Waals surface area (Å²) < 4.78 is 27.6. The summed E-state index contributed by atoms with van der Waals surface area (Å²) in [6.07, 6.45) is 2.78. The van der Waals surface area contributed by atoms with Crippen LogP contribution >= 0.6 is 0 Å². The molecule has 55 heavy (non-hydrogen) atoms. The number of aliphatic hydroxyl groups excluding tert-OH is 1. The van der Waals surface area contributed by atoms with E-state index in [1.54, 1.807) is 50.6 Å². The number of aryl methyl sites for hydroxylation is 1. The number of imide groups is 1. The van der Waals surface area contributed by atoms with Crippen LogP contribution in [0.15, 0.2) is 60.7 Å². The first-order valence-electron chi connectivity index (χ1n) is 18.4. The number of hydrogen-bond donors (Lipinski definition) is 3. The molecule has 0 saturated carbocycles. The summed E-state index contributed by atoms with van der Waals surface area (Å²) in [7, 11) is 3.17. The Morgan fingerprint density at radius 3 is 2.33 bits per heavy atom. The summed E-state index contributed by atoms with van der Waals surface area (Å²) in [4.78, 5) is 62.2. The Balaban J connectivity index is 0.903. The largest absolute Gasteiger partial charge is 0.493 e. The lowest BCUT2D eigenvalue weighted by Crippen LogP contribution is -2.42. The van der Waals surface area contributed by atoms with Crippen molar-refractivity contribution in [3.63, 3.8) is 0 Å². The molecule has 2 aliphatic rings. The predicted molar refractivity (Wildman–Crippen MR) is 198 cm³/mol. The van der Waals surface area contributed by atoms with E-state index in [4.69, 9.17) is 33.5 Å². The molecule has 296 valence electrons. The lowest BCUT2D eigenvalue weighted by Gasteiger charge is -2.23. The molecule has 0 aromatic heterocycles. The van der Waals surface area contributed by atoms with E-state index in [9.17, 15) is 24.3 Å². The van der Waals surface area contributed by atoms with Crippen LogP contribution in [0, 0.1) is 0 Å². The fourth-order valence-electron chi connectivity index (χ4n) is 6.19. The number of fused-ring (bicyclic) bond motifs is 1. The number of methoxy groups -OCH3 is 2. The fraction of sp³-hybridized carbons (Fsp3) is 0.450. The zero-order chi connectivity index (χ0) is 39.0. The molecule has 0 radical (unpaired) electrons. The van der Waals surface area contributed by atoms with Crippen LogP contribution < -0.4 is 29.6 Å². The first kappa shape index (κ1) is 41.0. The van der Waals surface area contributed by atoms with Gasteiger partial charge in [-0.2, -0.15) is 0 Å². The number of carbonyl (C=O) groups is 4. The molecular weight excluding hydrogens is 714 g/mol. The summed E-state index contributed by atoms with van der Waals surface area (Å²) in [5, 5.41) is 16.3. The van der Waals surface area contributed by atoms with Crippen LogP contribution in [0.25, 0.3) is 0 Å². The van der Waals surface area contributed by atoms with Gasteiger partial charge in [-0.05, 0) is 86.1 Å². The van der Waals surface area contributed by atoms with Gasteiger partial charge < -0.3 is 39.4 Å². The standard InChI is InChI=1S/C40H49N3O12/c1-49-33-16-14-27(22-35(33)50-2)13-15-32(44)28-8-3-10-30(23-28)52-25-36(45)41-17-6-19-51-20-7-18-42-37(46)26-53-34-12-4-11-31-38(34)40(48)43(39(31)47)29-9-5-21-54-55-24-29/h3-4,8,10-12,14,16,22-23,29,32,44H,5-7,9,13,15,17-21,24-26H2,1-2H3,(H,41,45)(H,42,46). The third-order valence-corrected chi connectivity index (χ3v) is 9.08. The number of benzene rings is 3. The molecule has 3 aromatic rings. The van der Waals surface area contributed by atoms with Crippen molar-refractivity contribution >= 4 is 23.6 Å². The van der Waals surface area contributed by atoms with Crippen molar-refractivity contribution in [1.82, 2.24) is 15.5 Å². The topological polar surface area (TPSA) is 180 Å². The van der Waals surface area contributed by atoms with E-state index in [2.05, 4.69) is 10.6 Å². The van der Waals surface area contributed by atoms with E-state index < -0.39 is 24.0 Å². The van der Waals surface area contributed by atoms with Crippen LogP contribution in [-0.2, 0) is 30.5 Å². The Morgan fingerprint density at radius 1 is 0.855 bits per heavy atom. The van der Waals surface area contributed by atoms with Gasteiger partial charge >= 0.3 is 0 Å². The Bertz CT molecular complexity index is 1760. The van der Waals surface area contributed by atoms with Crippen molar-refractivity contribution in [2.45, 2.75) is 50.7 Å². The van der Waals surface area contributed by atoms with Gasteiger partial charge in [-0.1, -0.05) is 24.3 Å². The number of nitrogens with one attached hydrogen (secondary N) is 2. The SMILES string of the molecule is COc1ccc(CCC(O)c2cccc(OCC(=O)NCCCOCCCNC(=O)COc3cccc4c3C(=O)N(C3CCCOOC3)C4=O)c2)cc1OC. The summed E-state index contributed by atoms with van der Waals surface area (Å²) in [5.41, 5.74) is 2.08. The first-order valence-corrected chi connectivity index (χ1v) is 18.4. The number of amides is 4. The number of ether oxygens (including phenoxy) is 5. The van der Waals surface area contributed by atoms with E-state index in [0.717, 1.165) is 5.56 Å². The van der Waals surface area contributed by atoms with Gasteiger partial charge in [-0.3, -0.25) is 24.1 Å². The maximum Gasteiger partial charge on any atom is 0.265 e. The lowest BCUT2D eigenvalue weighted by atomic mass is 10.0. The highest BCUT2D eigenvalue weighted by Crippen LogP contribution is 2.34. The molecule has 4 amide bonds. The summed E-state index contributed by atoms with van der Waals surface area (Å²) >= 11 is 0. The summed E-state index contributed by atoms with van der Waals surface area (Å²) in [6.45, 7) is 1.59. The third-order valence-electron chi connectivity index (χ3n) is 9.08. The minimum atomic E-state index is -0.714. The summed E-state index contributed by atoms with van der Waals surface area (Å²) in [5.74, 6) is 0.393. The number of aliphatic hydroxyl groups is 1. The zero-order valence-corrected chi connectivity index (χ0v) is 31.2. The second kappa shape index (κ2) is 21.0. The van der Waals surface area contributed by atoms with Crippen molar-refractivity contribution in [3.05, 3.63) is 82.9 Å². The molecule has 0 spiro atoms. The predicted octanol–water partition coefficient (Wildman–Crippen LogP) is 3.56. The minimum absolute atomic E-state index is 0.0930. The van der Waals surface area contributed by atoms with E-state index >= 15 is 0 Å². The molecule has 15 heteroatoms. The molecule has 2 heterocycles. The van der Waals surface area contributed by atoms with E-state index in [1.165, 1.54) is 4.90 Å². The quantitative estimate of drug-likeness (QED) is 0.0817. The highest BCUT2D eigenvalue weighted by molar-refractivity contribution is 6.22. The Hall–Kier alpha value is -5.22. The molecule has 1 fully saturated rings. The zero-order valence-electron chi connectivity index (χ0n) is 31.2. The van der Waals surface area contributed by atoms with Crippen LogP contribution in [0.5, 0.6) is 23.0 Å². The van der Waals surface area contributed by atoms with Crippen LogP contribution in [0.2, 0.25) is 0 Å². The summed E-state index contributed by atoms with van der Waals surface area (Å²) in [6, 6.07) is 17.0.